The van der Waals surface area contributed by atoms with E-state index in [1.165, 1.54) is 0 Å². The average Bonchev–Trinajstić information content (AvgIpc) is 2.69. The molecule has 1 amide bonds. The number of carboxylic acid groups (broad SMARTS) is 1. The second-order valence-electron chi connectivity index (χ2n) is 7.45. The number of ether oxygens (including phenoxy) is 3. The van der Waals surface area contributed by atoms with E-state index in [9.17, 15) is 14.4 Å². The van der Waals surface area contributed by atoms with Crippen molar-refractivity contribution in [2.24, 2.45) is 0 Å². The summed E-state index contributed by atoms with van der Waals surface area (Å²) in [4.78, 5) is 32.2. The standard InChI is InChI=1S/C10H18O5.C6H11NO2S/c1-9(2,3)14-7(11)13-8(12)15-10(4,5)6;1-4-5(2-3-10-4)7-6(8)9/h1-6H3;4-5,7H,2-3H2,1H3,(H,8,9). The Kier molecular flexibility index (Phi) is 9.10. The van der Waals surface area contributed by atoms with Crippen molar-refractivity contribution >= 4 is 30.2 Å². The second-order valence-corrected chi connectivity index (χ2v) is 8.94. The van der Waals surface area contributed by atoms with E-state index in [1.54, 1.807) is 41.5 Å². The van der Waals surface area contributed by atoms with E-state index in [-0.39, 0.29) is 6.04 Å². The summed E-state index contributed by atoms with van der Waals surface area (Å²) in [6.07, 6.45) is -2.05. The lowest BCUT2D eigenvalue weighted by atomic mass is 10.2. The predicted molar refractivity (Wildman–Crippen MR) is 95.0 cm³/mol. The Morgan fingerprint density at radius 2 is 1.44 bits per heavy atom. The zero-order chi connectivity index (χ0) is 19.8. The zero-order valence-corrected chi connectivity index (χ0v) is 16.7. The molecule has 1 rings (SSSR count). The van der Waals surface area contributed by atoms with Gasteiger partial charge in [-0.25, -0.2) is 14.4 Å². The zero-order valence-electron chi connectivity index (χ0n) is 15.9. The molecule has 1 saturated heterocycles. The van der Waals surface area contributed by atoms with Crippen LogP contribution in [0.1, 0.15) is 54.9 Å². The second kappa shape index (κ2) is 9.74. The van der Waals surface area contributed by atoms with E-state index in [1.807, 2.05) is 11.8 Å². The molecule has 9 heteroatoms. The highest BCUT2D eigenvalue weighted by molar-refractivity contribution is 8.00. The van der Waals surface area contributed by atoms with Crippen molar-refractivity contribution in [2.75, 3.05) is 5.75 Å². The molecule has 0 aromatic rings. The minimum Gasteiger partial charge on any atom is -0.465 e. The molecular formula is C16H29NO7S. The van der Waals surface area contributed by atoms with E-state index in [4.69, 9.17) is 14.6 Å². The number of hydrogen-bond acceptors (Lipinski definition) is 7. The first kappa shape index (κ1) is 23.4. The molecule has 0 spiro atoms. The fourth-order valence-electron chi connectivity index (χ4n) is 1.69. The van der Waals surface area contributed by atoms with Gasteiger partial charge in [0, 0.05) is 11.3 Å². The summed E-state index contributed by atoms with van der Waals surface area (Å²) in [5.74, 6) is 1.08. The van der Waals surface area contributed by atoms with Gasteiger partial charge in [-0.15, -0.1) is 0 Å². The lowest BCUT2D eigenvalue weighted by Crippen LogP contribution is -2.37. The lowest BCUT2D eigenvalue weighted by Gasteiger charge is -2.20. The summed E-state index contributed by atoms with van der Waals surface area (Å²) in [5.41, 5.74) is -1.39. The lowest BCUT2D eigenvalue weighted by molar-refractivity contribution is -0.0293. The highest BCUT2D eigenvalue weighted by Crippen LogP contribution is 2.25. The molecule has 0 aromatic heterocycles. The Labute approximate surface area is 153 Å². The monoisotopic (exact) mass is 379 g/mol. The van der Waals surface area contributed by atoms with Crippen molar-refractivity contribution in [3.05, 3.63) is 0 Å². The van der Waals surface area contributed by atoms with Crippen LogP contribution in [0.3, 0.4) is 0 Å². The molecule has 2 atom stereocenters. The minimum absolute atomic E-state index is 0.169. The molecule has 2 N–H and O–H groups in total. The summed E-state index contributed by atoms with van der Waals surface area (Å²) < 4.78 is 13.8. The van der Waals surface area contributed by atoms with Crippen molar-refractivity contribution < 1.29 is 33.7 Å². The predicted octanol–water partition coefficient (Wildman–Crippen LogP) is 4.02. The van der Waals surface area contributed by atoms with Crippen LogP contribution in [-0.2, 0) is 14.2 Å². The van der Waals surface area contributed by atoms with E-state index in [2.05, 4.69) is 17.0 Å². The van der Waals surface area contributed by atoms with Crippen LogP contribution in [0.5, 0.6) is 0 Å². The molecule has 1 aliphatic rings. The SMILES string of the molecule is CC(C)(C)OC(=O)OC(=O)OC(C)(C)C.CC1SCCC1NC(=O)O. The summed E-state index contributed by atoms with van der Waals surface area (Å²) in [6, 6.07) is 0.169. The fourth-order valence-corrected chi connectivity index (χ4v) is 2.89. The molecule has 25 heavy (non-hydrogen) atoms. The fraction of sp³-hybridized carbons (Fsp3) is 0.812. The third-order valence-electron chi connectivity index (χ3n) is 2.63. The van der Waals surface area contributed by atoms with Crippen molar-refractivity contribution in [1.29, 1.82) is 0 Å². The minimum atomic E-state index is -1.06. The molecule has 0 aliphatic carbocycles. The van der Waals surface area contributed by atoms with Gasteiger partial charge in [-0.3, -0.25) is 0 Å². The number of carbonyl (C=O) groups is 3. The Bertz CT molecular complexity index is 442. The van der Waals surface area contributed by atoms with Gasteiger partial charge in [-0.1, -0.05) is 6.92 Å². The molecule has 1 aliphatic heterocycles. The van der Waals surface area contributed by atoms with Crippen LogP contribution in [0.4, 0.5) is 14.4 Å². The Morgan fingerprint density at radius 1 is 1.00 bits per heavy atom. The normalized spacial score (nSPS) is 20.0. The third-order valence-corrected chi connectivity index (χ3v) is 3.96. The molecule has 0 bridgehead atoms. The van der Waals surface area contributed by atoms with Crippen LogP contribution in [0, 0.1) is 0 Å². The molecule has 1 heterocycles. The van der Waals surface area contributed by atoms with E-state index in [0.717, 1.165) is 12.2 Å². The van der Waals surface area contributed by atoms with Gasteiger partial charge >= 0.3 is 18.4 Å². The number of hydrogen-bond donors (Lipinski definition) is 2. The van der Waals surface area contributed by atoms with Crippen LogP contribution in [0.25, 0.3) is 0 Å². The van der Waals surface area contributed by atoms with Gasteiger partial charge in [0.05, 0.1) is 0 Å². The molecule has 0 radical (unpaired) electrons. The highest BCUT2D eigenvalue weighted by Gasteiger charge is 2.25. The van der Waals surface area contributed by atoms with Crippen molar-refractivity contribution in [1.82, 2.24) is 5.32 Å². The van der Waals surface area contributed by atoms with Crippen LogP contribution in [-0.4, -0.2) is 51.8 Å². The first-order chi connectivity index (χ1) is 11.2. The summed E-state index contributed by atoms with van der Waals surface area (Å²) >= 11 is 1.82. The molecular weight excluding hydrogens is 350 g/mol. The molecule has 8 nitrogen and oxygen atoms in total. The van der Waals surface area contributed by atoms with Gasteiger partial charge < -0.3 is 24.6 Å². The Hall–Kier alpha value is -1.64. The molecule has 0 aromatic carbocycles. The van der Waals surface area contributed by atoms with Crippen LogP contribution in [0.15, 0.2) is 0 Å². The first-order valence-electron chi connectivity index (χ1n) is 7.94. The van der Waals surface area contributed by atoms with E-state index >= 15 is 0 Å². The summed E-state index contributed by atoms with van der Waals surface area (Å²) in [6.45, 7) is 12.1. The van der Waals surface area contributed by atoms with Crippen molar-refractivity contribution in [3.8, 4) is 0 Å². The maximum Gasteiger partial charge on any atom is 0.519 e. The number of nitrogens with one attached hydrogen (secondary N) is 1. The molecule has 2 unspecified atom stereocenters. The molecule has 1 fully saturated rings. The third kappa shape index (κ3) is 13.3. The van der Waals surface area contributed by atoms with Gasteiger partial charge in [-0.2, -0.15) is 11.8 Å². The topological polar surface area (TPSA) is 111 Å². The summed E-state index contributed by atoms with van der Waals surface area (Å²) in [5, 5.41) is 11.3. The number of amides is 1. The maximum absolute atomic E-state index is 11.0. The van der Waals surface area contributed by atoms with Gasteiger partial charge in [0.1, 0.15) is 11.2 Å². The largest absolute Gasteiger partial charge is 0.519 e. The Balaban J connectivity index is 0.000000496. The van der Waals surface area contributed by atoms with E-state index in [0.29, 0.717) is 5.25 Å². The van der Waals surface area contributed by atoms with Gasteiger partial charge in [0.15, 0.2) is 0 Å². The summed E-state index contributed by atoms with van der Waals surface area (Å²) in [7, 11) is 0. The average molecular weight is 379 g/mol. The van der Waals surface area contributed by atoms with Gasteiger partial charge in [0.25, 0.3) is 0 Å². The van der Waals surface area contributed by atoms with Crippen molar-refractivity contribution in [3.63, 3.8) is 0 Å². The van der Waals surface area contributed by atoms with Gasteiger partial charge in [-0.05, 0) is 53.7 Å². The van der Waals surface area contributed by atoms with Crippen molar-refractivity contribution in [2.45, 2.75) is 77.4 Å². The van der Waals surface area contributed by atoms with Crippen LogP contribution < -0.4 is 5.32 Å². The van der Waals surface area contributed by atoms with Crippen LogP contribution in [0.2, 0.25) is 0 Å². The highest BCUT2D eigenvalue weighted by atomic mass is 32.2. The number of thioether (sulfide) groups is 1. The number of carbonyl (C=O) groups excluding carboxylic acids is 2. The molecule has 146 valence electrons. The Morgan fingerprint density at radius 3 is 1.72 bits per heavy atom. The van der Waals surface area contributed by atoms with Gasteiger partial charge in [0.2, 0.25) is 0 Å². The first-order valence-corrected chi connectivity index (χ1v) is 8.99. The molecule has 0 saturated carbocycles. The van der Waals surface area contributed by atoms with E-state index < -0.39 is 29.6 Å². The van der Waals surface area contributed by atoms with Crippen LogP contribution >= 0.6 is 11.8 Å². The quantitative estimate of drug-likeness (QED) is 0.519. The smallest absolute Gasteiger partial charge is 0.465 e. The maximum atomic E-state index is 11.0. The number of rotatable bonds is 1.